The first-order chi connectivity index (χ1) is 6.22. The Balaban J connectivity index is 2.50. The summed E-state index contributed by atoms with van der Waals surface area (Å²) in [5.41, 5.74) is 2.33. The number of benzene rings is 1. The van der Waals surface area contributed by atoms with Crippen LogP contribution in [0.4, 0.5) is 0 Å². The van der Waals surface area contributed by atoms with Crippen LogP contribution in [0.15, 0.2) is 24.3 Å². The Morgan fingerprint density at radius 1 is 1.54 bits per heavy atom. The van der Waals surface area contributed by atoms with Crippen molar-refractivity contribution in [3.63, 3.8) is 0 Å². The van der Waals surface area contributed by atoms with Crippen molar-refractivity contribution in [1.29, 1.82) is 0 Å². The van der Waals surface area contributed by atoms with Gasteiger partial charge in [-0.15, -0.1) is 0 Å². The monoisotopic (exact) mass is 195 g/mol. The van der Waals surface area contributed by atoms with E-state index in [1.165, 1.54) is 5.56 Å². The number of hydrogen-bond donors (Lipinski definition) is 2. The first-order valence-electron chi connectivity index (χ1n) is 4.15. The Morgan fingerprint density at radius 2 is 2.31 bits per heavy atom. The van der Waals surface area contributed by atoms with Crippen molar-refractivity contribution >= 4 is 18.5 Å². The fourth-order valence-electron chi connectivity index (χ4n) is 1.08. The van der Waals surface area contributed by atoms with Crippen molar-refractivity contribution < 1.29 is 4.79 Å². The maximum atomic E-state index is 10.9. The minimum atomic E-state index is -0.0372. The number of aryl methyl sites for hydroxylation is 1. The molecule has 1 rings (SSSR count). The fourth-order valence-corrected chi connectivity index (χ4v) is 1.19. The predicted molar refractivity (Wildman–Crippen MR) is 56.9 cm³/mol. The molecule has 0 atom stereocenters. The Kier molecular flexibility index (Phi) is 3.83. The molecule has 0 aliphatic rings. The molecule has 0 aliphatic carbocycles. The highest BCUT2D eigenvalue weighted by Crippen LogP contribution is 2.02. The van der Waals surface area contributed by atoms with E-state index in [0.29, 0.717) is 6.54 Å². The molecule has 3 heteroatoms. The van der Waals surface area contributed by atoms with E-state index in [1.54, 1.807) is 0 Å². The van der Waals surface area contributed by atoms with Gasteiger partial charge in [-0.3, -0.25) is 4.79 Å². The second kappa shape index (κ2) is 4.92. The van der Waals surface area contributed by atoms with Gasteiger partial charge in [0.25, 0.3) is 0 Å². The van der Waals surface area contributed by atoms with Crippen LogP contribution in [0.5, 0.6) is 0 Å². The molecule has 0 aliphatic heterocycles. The predicted octanol–water partition coefficient (Wildman–Crippen LogP) is 1.54. The van der Waals surface area contributed by atoms with Crippen molar-refractivity contribution in [3.05, 3.63) is 35.4 Å². The maximum Gasteiger partial charge on any atom is 0.229 e. The van der Waals surface area contributed by atoms with Crippen LogP contribution in [0, 0.1) is 6.92 Å². The summed E-state index contributed by atoms with van der Waals surface area (Å²) in [6.45, 7) is 2.62. The second-order valence-electron chi connectivity index (χ2n) is 2.92. The molecule has 0 bridgehead atoms. The van der Waals surface area contributed by atoms with Crippen LogP contribution in [-0.4, -0.2) is 11.7 Å². The van der Waals surface area contributed by atoms with E-state index in [0.717, 1.165) is 5.56 Å². The minimum Gasteiger partial charge on any atom is -0.351 e. The molecule has 0 heterocycles. The summed E-state index contributed by atoms with van der Waals surface area (Å²) in [5, 5.41) is 2.76. The third-order valence-electron chi connectivity index (χ3n) is 1.72. The van der Waals surface area contributed by atoms with Crippen LogP contribution in [0.2, 0.25) is 0 Å². The number of thiol groups is 1. The van der Waals surface area contributed by atoms with Gasteiger partial charge in [0.2, 0.25) is 5.91 Å². The molecule has 0 saturated heterocycles. The summed E-state index contributed by atoms with van der Waals surface area (Å²) in [7, 11) is 0. The van der Waals surface area contributed by atoms with Crippen LogP contribution < -0.4 is 5.32 Å². The summed E-state index contributed by atoms with van der Waals surface area (Å²) in [5.74, 6) is 0.205. The topological polar surface area (TPSA) is 29.1 Å². The zero-order valence-electron chi connectivity index (χ0n) is 7.58. The minimum absolute atomic E-state index is 0.0372. The van der Waals surface area contributed by atoms with E-state index >= 15 is 0 Å². The largest absolute Gasteiger partial charge is 0.351 e. The van der Waals surface area contributed by atoms with Crippen LogP contribution in [0.3, 0.4) is 0 Å². The van der Waals surface area contributed by atoms with E-state index < -0.39 is 0 Å². The lowest BCUT2D eigenvalue weighted by molar-refractivity contribution is -0.118. The van der Waals surface area contributed by atoms with Crippen LogP contribution in [-0.2, 0) is 11.3 Å². The van der Waals surface area contributed by atoms with Crippen molar-refractivity contribution in [1.82, 2.24) is 5.32 Å². The molecule has 0 unspecified atom stereocenters. The van der Waals surface area contributed by atoms with Gasteiger partial charge < -0.3 is 5.32 Å². The lowest BCUT2D eigenvalue weighted by Crippen LogP contribution is -2.23. The molecular weight excluding hydrogens is 182 g/mol. The number of hydrogen-bond acceptors (Lipinski definition) is 2. The van der Waals surface area contributed by atoms with Crippen molar-refractivity contribution in [2.45, 2.75) is 13.5 Å². The third kappa shape index (κ3) is 3.51. The van der Waals surface area contributed by atoms with Crippen molar-refractivity contribution in [2.75, 3.05) is 5.75 Å². The Labute approximate surface area is 83.8 Å². The van der Waals surface area contributed by atoms with Gasteiger partial charge in [0.05, 0.1) is 5.75 Å². The molecule has 1 aromatic rings. The van der Waals surface area contributed by atoms with Gasteiger partial charge in [-0.25, -0.2) is 0 Å². The Morgan fingerprint density at radius 3 is 2.92 bits per heavy atom. The SMILES string of the molecule is Cc1cccc(CNC(=O)CS)c1. The molecule has 0 fully saturated rings. The number of carbonyl (C=O) groups excluding carboxylic acids is 1. The lowest BCUT2D eigenvalue weighted by atomic mass is 10.1. The number of nitrogens with one attached hydrogen (secondary N) is 1. The summed E-state index contributed by atoms with van der Waals surface area (Å²) in [6, 6.07) is 8.06. The van der Waals surface area contributed by atoms with Gasteiger partial charge in [-0.05, 0) is 12.5 Å². The smallest absolute Gasteiger partial charge is 0.229 e. The number of carbonyl (C=O) groups is 1. The highest BCUT2D eigenvalue weighted by atomic mass is 32.1. The normalized spacial score (nSPS) is 9.69. The van der Waals surface area contributed by atoms with Crippen LogP contribution in [0.1, 0.15) is 11.1 Å². The van der Waals surface area contributed by atoms with Gasteiger partial charge in [-0.1, -0.05) is 29.8 Å². The van der Waals surface area contributed by atoms with Crippen LogP contribution >= 0.6 is 12.6 Å². The molecule has 1 N–H and O–H groups in total. The molecular formula is C10H13NOS. The van der Waals surface area contributed by atoms with E-state index in [2.05, 4.69) is 24.0 Å². The van der Waals surface area contributed by atoms with E-state index in [1.807, 2.05) is 25.1 Å². The average molecular weight is 195 g/mol. The molecule has 1 aromatic carbocycles. The van der Waals surface area contributed by atoms with Crippen LogP contribution in [0.25, 0.3) is 0 Å². The summed E-state index contributed by atoms with van der Waals surface area (Å²) < 4.78 is 0. The number of amides is 1. The molecule has 0 aromatic heterocycles. The summed E-state index contributed by atoms with van der Waals surface area (Å²) in [6.07, 6.45) is 0. The first-order valence-corrected chi connectivity index (χ1v) is 4.78. The van der Waals surface area contributed by atoms with E-state index in [4.69, 9.17) is 0 Å². The molecule has 70 valence electrons. The molecule has 13 heavy (non-hydrogen) atoms. The fraction of sp³-hybridized carbons (Fsp3) is 0.300. The van der Waals surface area contributed by atoms with Gasteiger partial charge in [0.1, 0.15) is 0 Å². The van der Waals surface area contributed by atoms with Gasteiger partial charge in [-0.2, -0.15) is 12.6 Å². The lowest BCUT2D eigenvalue weighted by Gasteiger charge is -2.03. The quantitative estimate of drug-likeness (QED) is 0.704. The van der Waals surface area contributed by atoms with Crippen molar-refractivity contribution in [3.8, 4) is 0 Å². The average Bonchev–Trinajstić information content (AvgIpc) is 2.14. The second-order valence-corrected chi connectivity index (χ2v) is 3.24. The van der Waals surface area contributed by atoms with E-state index in [-0.39, 0.29) is 11.7 Å². The molecule has 0 radical (unpaired) electrons. The van der Waals surface area contributed by atoms with Gasteiger partial charge in [0.15, 0.2) is 0 Å². The zero-order valence-corrected chi connectivity index (χ0v) is 8.47. The van der Waals surface area contributed by atoms with Crippen molar-refractivity contribution in [2.24, 2.45) is 0 Å². The molecule has 1 amide bonds. The first kappa shape index (κ1) is 10.1. The highest BCUT2D eigenvalue weighted by molar-refractivity contribution is 7.81. The highest BCUT2D eigenvalue weighted by Gasteiger charge is 1.97. The Hall–Kier alpha value is -0.960. The van der Waals surface area contributed by atoms with Gasteiger partial charge >= 0.3 is 0 Å². The molecule has 2 nitrogen and oxygen atoms in total. The molecule has 0 saturated carbocycles. The summed E-state index contributed by atoms with van der Waals surface area (Å²) in [4.78, 5) is 10.9. The third-order valence-corrected chi connectivity index (χ3v) is 2.00. The molecule has 0 spiro atoms. The number of rotatable bonds is 3. The maximum absolute atomic E-state index is 10.9. The van der Waals surface area contributed by atoms with E-state index in [9.17, 15) is 4.79 Å². The summed E-state index contributed by atoms with van der Waals surface area (Å²) >= 11 is 3.87. The van der Waals surface area contributed by atoms with Gasteiger partial charge in [0, 0.05) is 6.54 Å². The zero-order chi connectivity index (χ0) is 9.68. The standard InChI is InChI=1S/C10H13NOS/c1-8-3-2-4-9(5-8)6-11-10(12)7-13/h2-5,13H,6-7H2,1H3,(H,11,12). The Bertz CT molecular complexity index is 299.